The summed E-state index contributed by atoms with van der Waals surface area (Å²) in [6, 6.07) is 0. The fraction of sp³-hybridized carbons (Fsp3) is 1.00. The molecule has 0 amide bonds. The van der Waals surface area contributed by atoms with Crippen molar-refractivity contribution in [2.45, 2.75) is 92.9 Å². The predicted octanol–water partition coefficient (Wildman–Crippen LogP) is 6.20. The molecule has 0 bridgehead atoms. The van der Waals surface area contributed by atoms with E-state index in [1.807, 2.05) is 0 Å². The average Bonchev–Trinajstić information content (AvgIpc) is 2.19. The van der Waals surface area contributed by atoms with Gasteiger partial charge in [-0.15, -0.1) is 0 Å². The molecular weight excluding hydrogens is 192 g/mol. The molecule has 0 atom stereocenters. The highest BCUT2D eigenvalue weighted by Crippen LogP contribution is 2.51. The van der Waals surface area contributed by atoms with Gasteiger partial charge in [-0.1, -0.05) is 67.2 Å². The maximum atomic E-state index is 2.55. The molecule has 98 valence electrons. The van der Waals surface area contributed by atoms with Crippen LogP contribution in [0.25, 0.3) is 0 Å². The van der Waals surface area contributed by atoms with Gasteiger partial charge in [0.15, 0.2) is 0 Å². The zero-order valence-electron chi connectivity index (χ0n) is 12.7. The molecular formula is C16H34. The molecule has 0 saturated carbocycles. The van der Waals surface area contributed by atoms with E-state index >= 15 is 0 Å². The maximum Gasteiger partial charge on any atom is -0.0272 e. The highest BCUT2D eigenvalue weighted by Gasteiger charge is 2.41. The van der Waals surface area contributed by atoms with Gasteiger partial charge >= 0.3 is 0 Å². The molecule has 0 aromatic carbocycles. The molecule has 0 fully saturated rings. The van der Waals surface area contributed by atoms with Crippen molar-refractivity contribution in [3.63, 3.8) is 0 Å². The molecule has 0 unspecified atom stereocenters. The Morgan fingerprint density at radius 3 is 0.812 bits per heavy atom. The molecule has 0 spiro atoms. The Hall–Kier alpha value is 0. The van der Waals surface area contributed by atoms with Gasteiger partial charge in [0.1, 0.15) is 0 Å². The topological polar surface area (TPSA) is 0 Å². The van der Waals surface area contributed by atoms with Gasteiger partial charge in [-0.3, -0.25) is 0 Å². The van der Waals surface area contributed by atoms with E-state index in [-0.39, 0.29) is 0 Å². The summed E-state index contributed by atoms with van der Waals surface area (Å²) in [5.74, 6) is 0. The molecule has 0 heterocycles. The molecule has 0 aromatic rings. The third-order valence-corrected chi connectivity index (χ3v) is 4.66. The van der Waals surface area contributed by atoms with Crippen molar-refractivity contribution < 1.29 is 0 Å². The van der Waals surface area contributed by atoms with Crippen molar-refractivity contribution >= 4 is 0 Å². The van der Waals surface area contributed by atoms with Crippen LogP contribution in [0.4, 0.5) is 0 Å². The van der Waals surface area contributed by atoms with Gasteiger partial charge in [-0.05, 0) is 36.5 Å². The highest BCUT2D eigenvalue weighted by atomic mass is 14.5. The van der Waals surface area contributed by atoms with Crippen molar-refractivity contribution in [3.05, 3.63) is 0 Å². The van der Waals surface area contributed by atoms with E-state index < -0.39 is 0 Å². The van der Waals surface area contributed by atoms with E-state index in [1.165, 1.54) is 51.4 Å². The van der Waals surface area contributed by atoms with E-state index in [0.29, 0.717) is 10.8 Å². The van der Waals surface area contributed by atoms with Crippen molar-refractivity contribution in [3.8, 4) is 0 Å². The van der Waals surface area contributed by atoms with Crippen LogP contribution in [-0.4, -0.2) is 0 Å². The van der Waals surface area contributed by atoms with Crippen molar-refractivity contribution in [2.75, 3.05) is 0 Å². The Labute approximate surface area is 104 Å². The van der Waals surface area contributed by atoms with E-state index in [1.54, 1.807) is 0 Å². The molecule has 0 aliphatic carbocycles. The van der Waals surface area contributed by atoms with Crippen molar-refractivity contribution in [1.82, 2.24) is 0 Å². The van der Waals surface area contributed by atoms with E-state index in [0.717, 1.165) is 0 Å². The first kappa shape index (κ1) is 16.0. The largest absolute Gasteiger partial charge is 0.0654 e. The van der Waals surface area contributed by atoms with Crippen LogP contribution in [0, 0.1) is 10.8 Å². The van der Waals surface area contributed by atoms with Crippen LogP contribution in [-0.2, 0) is 0 Å². The lowest BCUT2D eigenvalue weighted by molar-refractivity contribution is 0.0278. The summed E-state index contributed by atoms with van der Waals surface area (Å²) in [4.78, 5) is 0. The smallest absolute Gasteiger partial charge is 0.0272 e. The van der Waals surface area contributed by atoms with E-state index in [2.05, 4.69) is 41.5 Å². The lowest BCUT2D eigenvalue weighted by Crippen LogP contribution is -2.37. The molecule has 0 nitrogen and oxygen atoms in total. The number of hydrogen-bond donors (Lipinski definition) is 0. The van der Waals surface area contributed by atoms with Crippen LogP contribution in [0.3, 0.4) is 0 Å². The second-order valence-electron chi connectivity index (χ2n) is 6.12. The Kier molecular flexibility index (Phi) is 7.35. The van der Waals surface area contributed by atoms with Crippen LogP contribution in [0.5, 0.6) is 0 Å². The zero-order chi connectivity index (χ0) is 12.7. The Morgan fingerprint density at radius 2 is 0.688 bits per heavy atom. The summed E-state index contributed by atoms with van der Waals surface area (Å²) in [6.07, 6.45) is 10.9. The molecule has 0 aromatic heterocycles. The van der Waals surface area contributed by atoms with Crippen LogP contribution >= 0.6 is 0 Å². The summed E-state index contributed by atoms with van der Waals surface area (Å²) in [6.45, 7) is 14.5. The summed E-state index contributed by atoms with van der Waals surface area (Å²) in [7, 11) is 0. The standard InChI is InChI=1S/C16H34/c1-7-11-15(5,12-8-2)16(6,13-9-3)14-10-4/h7-14H2,1-6H3. The Bertz CT molecular complexity index is 137. The summed E-state index contributed by atoms with van der Waals surface area (Å²) >= 11 is 0. The van der Waals surface area contributed by atoms with Gasteiger partial charge in [0.05, 0.1) is 0 Å². The summed E-state index contributed by atoms with van der Waals surface area (Å²) < 4.78 is 0. The first-order chi connectivity index (χ1) is 7.49. The Morgan fingerprint density at radius 1 is 0.500 bits per heavy atom. The SMILES string of the molecule is CCCC(C)(CCC)C(C)(CCC)CCC. The van der Waals surface area contributed by atoms with E-state index in [4.69, 9.17) is 0 Å². The van der Waals surface area contributed by atoms with Gasteiger partial charge in [-0.25, -0.2) is 0 Å². The summed E-state index contributed by atoms with van der Waals surface area (Å²) in [5, 5.41) is 0. The zero-order valence-corrected chi connectivity index (χ0v) is 12.7. The highest BCUT2D eigenvalue weighted by molar-refractivity contribution is 4.91. The minimum Gasteiger partial charge on any atom is -0.0654 e. The molecule has 0 saturated heterocycles. The van der Waals surface area contributed by atoms with Gasteiger partial charge < -0.3 is 0 Å². The first-order valence-corrected chi connectivity index (χ1v) is 7.49. The molecule has 0 rings (SSSR count). The van der Waals surface area contributed by atoms with Crippen LogP contribution in [0.1, 0.15) is 92.9 Å². The number of rotatable bonds is 9. The quantitative estimate of drug-likeness (QED) is 0.439. The second kappa shape index (κ2) is 7.35. The minimum absolute atomic E-state index is 0.558. The normalized spacial score (nSPS) is 13.1. The van der Waals surface area contributed by atoms with Crippen molar-refractivity contribution in [1.29, 1.82) is 0 Å². The van der Waals surface area contributed by atoms with Gasteiger partial charge in [0.25, 0.3) is 0 Å². The van der Waals surface area contributed by atoms with Crippen LogP contribution < -0.4 is 0 Å². The van der Waals surface area contributed by atoms with Crippen LogP contribution in [0.15, 0.2) is 0 Å². The van der Waals surface area contributed by atoms with Gasteiger partial charge in [0, 0.05) is 0 Å². The summed E-state index contributed by atoms with van der Waals surface area (Å²) in [5.41, 5.74) is 1.12. The van der Waals surface area contributed by atoms with Gasteiger partial charge in [-0.2, -0.15) is 0 Å². The minimum atomic E-state index is 0.558. The monoisotopic (exact) mass is 226 g/mol. The lowest BCUT2D eigenvalue weighted by Gasteiger charge is -2.48. The predicted molar refractivity (Wildman–Crippen MR) is 75.8 cm³/mol. The molecule has 0 heteroatoms. The van der Waals surface area contributed by atoms with Crippen LogP contribution in [0.2, 0.25) is 0 Å². The van der Waals surface area contributed by atoms with E-state index in [9.17, 15) is 0 Å². The fourth-order valence-electron chi connectivity index (χ4n) is 3.66. The molecule has 0 N–H and O–H groups in total. The average molecular weight is 226 g/mol. The Balaban J connectivity index is 4.90. The first-order valence-electron chi connectivity index (χ1n) is 7.49. The molecule has 16 heavy (non-hydrogen) atoms. The second-order valence-corrected chi connectivity index (χ2v) is 6.12. The molecule has 0 aliphatic rings. The van der Waals surface area contributed by atoms with Crippen molar-refractivity contribution in [2.24, 2.45) is 10.8 Å². The third kappa shape index (κ3) is 3.79. The lowest BCUT2D eigenvalue weighted by atomic mass is 9.57. The number of hydrogen-bond acceptors (Lipinski definition) is 0. The molecule has 0 radical (unpaired) electrons. The third-order valence-electron chi connectivity index (χ3n) is 4.66. The molecule has 0 aliphatic heterocycles. The van der Waals surface area contributed by atoms with Gasteiger partial charge in [0.2, 0.25) is 0 Å². The maximum absolute atomic E-state index is 2.55. The fourth-order valence-corrected chi connectivity index (χ4v) is 3.66.